The Kier molecular flexibility index (Phi) is 5.02. The Bertz CT molecular complexity index is 709. The van der Waals surface area contributed by atoms with E-state index in [1.165, 1.54) is 37.6 Å². The van der Waals surface area contributed by atoms with Crippen LogP contribution in [0, 0.1) is 0 Å². The van der Waals surface area contributed by atoms with Crippen LogP contribution in [0.3, 0.4) is 0 Å². The second-order valence-electron chi connectivity index (χ2n) is 5.65. The summed E-state index contributed by atoms with van der Waals surface area (Å²) in [5.74, 6) is 0. The number of hydrogen-bond acceptors (Lipinski definition) is 3. The molecule has 0 aliphatic heterocycles. The van der Waals surface area contributed by atoms with Crippen molar-refractivity contribution in [1.82, 2.24) is 0 Å². The molecule has 0 radical (unpaired) electrons. The summed E-state index contributed by atoms with van der Waals surface area (Å²) in [4.78, 5) is 5.65. The van der Waals surface area contributed by atoms with Crippen LogP contribution < -0.4 is 4.50 Å². The van der Waals surface area contributed by atoms with Gasteiger partial charge in [-0.25, -0.2) is 0 Å². The Hall–Kier alpha value is -0.683. The highest BCUT2D eigenvalue weighted by Crippen LogP contribution is 2.38. The van der Waals surface area contributed by atoms with Crippen LogP contribution in [0.15, 0.2) is 41.8 Å². The van der Waals surface area contributed by atoms with E-state index in [0.717, 1.165) is 0 Å². The van der Waals surface area contributed by atoms with Crippen molar-refractivity contribution in [3.63, 3.8) is 0 Å². The highest BCUT2D eigenvalue weighted by Gasteiger charge is 2.30. The lowest BCUT2D eigenvalue weighted by Gasteiger charge is -2.26. The van der Waals surface area contributed by atoms with Gasteiger partial charge in [-0.2, -0.15) is 0 Å². The standard InChI is InChI=1S/C18H22S3Si/c1-4-22(5-2,6-3)18-12-11-17(21-18)16-10-9-15(20-16)14-8-7-13-19-14/h7-13H,4-6H2,1-3H3. The normalized spacial score (nSPS) is 12.0. The van der Waals surface area contributed by atoms with E-state index in [9.17, 15) is 0 Å². The van der Waals surface area contributed by atoms with Gasteiger partial charge in [0.25, 0.3) is 0 Å². The fraction of sp³-hybridized carbons (Fsp3) is 0.333. The summed E-state index contributed by atoms with van der Waals surface area (Å²) >= 11 is 5.81. The molecule has 22 heavy (non-hydrogen) atoms. The Morgan fingerprint density at radius 1 is 0.727 bits per heavy atom. The maximum absolute atomic E-state index is 2.42. The smallest absolute Gasteiger partial charge is 0.0987 e. The molecule has 0 saturated heterocycles. The fourth-order valence-corrected chi connectivity index (χ4v) is 11.2. The molecule has 3 heterocycles. The topological polar surface area (TPSA) is 0 Å². The molecule has 0 aromatic carbocycles. The lowest BCUT2D eigenvalue weighted by atomic mass is 10.3. The van der Waals surface area contributed by atoms with Gasteiger partial charge in [0, 0.05) is 19.5 Å². The minimum Gasteiger partial charge on any atom is -0.144 e. The van der Waals surface area contributed by atoms with E-state index in [-0.39, 0.29) is 0 Å². The first kappa shape index (κ1) is 16.2. The highest BCUT2D eigenvalue weighted by atomic mass is 32.1. The van der Waals surface area contributed by atoms with Crippen LogP contribution in [0.5, 0.6) is 0 Å². The highest BCUT2D eigenvalue weighted by molar-refractivity contribution is 7.32. The number of rotatable bonds is 6. The summed E-state index contributed by atoms with van der Waals surface area (Å²) in [6.07, 6.45) is 0. The molecular formula is C18H22S3Si. The molecule has 0 unspecified atom stereocenters. The molecule has 0 aliphatic rings. The molecule has 0 spiro atoms. The average Bonchev–Trinajstić information content (AvgIpc) is 3.29. The minimum absolute atomic E-state index is 1.23. The van der Waals surface area contributed by atoms with Crippen molar-refractivity contribution in [2.24, 2.45) is 0 Å². The summed E-state index contributed by atoms with van der Waals surface area (Å²) in [6.45, 7) is 7.16. The van der Waals surface area contributed by atoms with Crippen LogP contribution in [0.2, 0.25) is 18.1 Å². The lowest BCUT2D eigenvalue weighted by Crippen LogP contribution is -2.43. The summed E-state index contributed by atoms with van der Waals surface area (Å²) in [7, 11) is -1.23. The van der Waals surface area contributed by atoms with E-state index in [4.69, 9.17) is 0 Å². The van der Waals surface area contributed by atoms with Gasteiger partial charge < -0.3 is 0 Å². The molecule has 0 N–H and O–H groups in total. The fourth-order valence-electron chi connectivity index (χ4n) is 3.05. The first-order chi connectivity index (χ1) is 10.7. The van der Waals surface area contributed by atoms with Gasteiger partial charge in [0.1, 0.15) is 0 Å². The van der Waals surface area contributed by atoms with E-state index >= 15 is 0 Å². The van der Waals surface area contributed by atoms with Gasteiger partial charge in [-0.1, -0.05) is 51.0 Å². The van der Waals surface area contributed by atoms with Crippen LogP contribution in [0.25, 0.3) is 19.5 Å². The maximum atomic E-state index is 2.42. The second kappa shape index (κ2) is 6.83. The van der Waals surface area contributed by atoms with Crippen molar-refractivity contribution in [3.05, 3.63) is 41.8 Å². The number of hydrogen-bond donors (Lipinski definition) is 0. The summed E-state index contributed by atoms with van der Waals surface area (Å²) in [5.41, 5.74) is 0. The molecule has 0 saturated carbocycles. The third-order valence-corrected chi connectivity index (χ3v) is 14.9. The lowest BCUT2D eigenvalue weighted by molar-refractivity contribution is 1.20. The molecular weight excluding hydrogens is 340 g/mol. The van der Waals surface area contributed by atoms with Crippen molar-refractivity contribution < 1.29 is 0 Å². The molecule has 3 aromatic rings. The zero-order chi connectivity index (χ0) is 15.6. The van der Waals surface area contributed by atoms with Gasteiger partial charge in [-0.15, -0.1) is 34.0 Å². The minimum atomic E-state index is -1.23. The van der Waals surface area contributed by atoms with Crippen molar-refractivity contribution in [1.29, 1.82) is 0 Å². The largest absolute Gasteiger partial charge is 0.144 e. The van der Waals surface area contributed by atoms with Gasteiger partial charge in [-0.05, 0) is 34.1 Å². The van der Waals surface area contributed by atoms with E-state index in [0.29, 0.717) is 0 Å². The zero-order valence-electron chi connectivity index (χ0n) is 13.4. The molecule has 3 aromatic heterocycles. The molecule has 3 rings (SSSR count). The third kappa shape index (κ3) is 2.89. The maximum Gasteiger partial charge on any atom is 0.0987 e. The summed E-state index contributed by atoms with van der Waals surface area (Å²) in [6, 6.07) is 17.8. The predicted octanol–water partition coefficient (Wildman–Crippen LogP) is 6.92. The molecule has 0 nitrogen and oxygen atoms in total. The Balaban J connectivity index is 1.91. The third-order valence-electron chi connectivity index (χ3n) is 4.77. The molecule has 4 heteroatoms. The van der Waals surface area contributed by atoms with Crippen molar-refractivity contribution in [3.8, 4) is 19.5 Å². The van der Waals surface area contributed by atoms with Crippen molar-refractivity contribution in [2.45, 2.75) is 38.9 Å². The quantitative estimate of drug-likeness (QED) is 0.417. The summed E-state index contributed by atoms with van der Waals surface area (Å²) in [5, 5.41) is 2.15. The van der Waals surface area contributed by atoms with Crippen LogP contribution in [-0.2, 0) is 0 Å². The van der Waals surface area contributed by atoms with E-state index in [1.807, 2.05) is 22.7 Å². The summed E-state index contributed by atoms with van der Waals surface area (Å²) < 4.78 is 1.70. The van der Waals surface area contributed by atoms with E-state index < -0.39 is 8.07 Å². The molecule has 0 amide bonds. The zero-order valence-corrected chi connectivity index (χ0v) is 16.8. The monoisotopic (exact) mass is 362 g/mol. The average molecular weight is 363 g/mol. The molecule has 0 fully saturated rings. The van der Waals surface area contributed by atoms with Crippen molar-refractivity contribution in [2.75, 3.05) is 0 Å². The second-order valence-corrected chi connectivity index (χ2v) is 14.3. The predicted molar refractivity (Wildman–Crippen MR) is 108 cm³/mol. The Morgan fingerprint density at radius 2 is 1.32 bits per heavy atom. The van der Waals surface area contributed by atoms with Gasteiger partial charge in [0.15, 0.2) is 0 Å². The van der Waals surface area contributed by atoms with Gasteiger partial charge in [0.05, 0.1) is 8.07 Å². The van der Waals surface area contributed by atoms with Crippen LogP contribution >= 0.6 is 34.0 Å². The van der Waals surface area contributed by atoms with E-state index in [2.05, 4.69) is 73.9 Å². The van der Waals surface area contributed by atoms with Gasteiger partial charge in [0.2, 0.25) is 0 Å². The molecule has 116 valence electrons. The first-order valence-corrected chi connectivity index (χ1v) is 13.1. The van der Waals surface area contributed by atoms with E-state index in [1.54, 1.807) is 4.50 Å². The van der Waals surface area contributed by atoms with Gasteiger partial charge >= 0.3 is 0 Å². The van der Waals surface area contributed by atoms with Crippen LogP contribution in [-0.4, -0.2) is 8.07 Å². The molecule has 0 aliphatic carbocycles. The number of thiophene rings is 3. The first-order valence-electron chi connectivity index (χ1n) is 7.97. The molecule has 0 bridgehead atoms. The Morgan fingerprint density at radius 3 is 1.91 bits per heavy atom. The SMILES string of the molecule is CC[Si](CC)(CC)c1ccc(-c2ccc(-c3cccs3)s2)s1. The Labute approximate surface area is 146 Å². The van der Waals surface area contributed by atoms with Crippen LogP contribution in [0.4, 0.5) is 0 Å². The van der Waals surface area contributed by atoms with Crippen LogP contribution in [0.1, 0.15) is 20.8 Å². The van der Waals surface area contributed by atoms with Gasteiger partial charge in [-0.3, -0.25) is 0 Å². The molecule has 0 atom stereocenters. The van der Waals surface area contributed by atoms with Crippen molar-refractivity contribution >= 4 is 46.6 Å².